The smallest absolute Gasteiger partial charge is 0.273 e. The number of carbonyl (C=O) groups excluding carboxylic acids is 1. The first-order valence-corrected chi connectivity index (χ1v) is 9.81. The molecule has 1 aliphatic rings. The van der Waals surface area contributed by atoms with Crippen LogP contribution in [-0.4, -0.2) is 46.8 Å². The molecule has 0 saturated carbocycles. The van der Waals surface area contributed by atoms with Crippen LogP contribution in [0.2, 0.25) is 5.02 Å². The molecule has 1 amide bonds. The number of rotatable bonds is 7. The van der Waals surface area contributed by atoms with Gasteiger partial charge < -0.3 is 10.2 Å². The number of aromatic nitrogens is 2. The SMILES string of the molecule is CCn1cc(Cl)c(C(=O)NC[C@@H]2CCCN(CCc3ccccc3)C2)n1. The van der Waals surface area contributed by atoms with Crippen LogP contribution >= 0.6 is 11.6 Å². The lowest BCUT2D eigenvalue weighted by atomic mass is 9.97. The third kappa shape index (κ3) is 5.08. The third-order valence-electron chi connectivity index (χ3n) is 4.97. The van der Waals surface area contributed by atoms with Crippen LogP contribution in [-0.2, 0) is 13.0 Å². The molecule has 3 rings (SSSR count). The fraction of sp³-hybridized carbons (Fsp3) is 0.500. The Labute approximate surface area is 160 Å². The highest BCUT2D eigenvalue weighted by molar-refractivity contribution is 6.33. The summed E-state index contributed by atoms with van der Waals surface area (Å²) < 4.78 is 1.68. The highest BCUT2D eigenvalue weighted by atomic mass is 35.5. The average molecular weight is 375 g/mol. The summed E-state index contributed by atoms with van der Waals surface area (Å²) in [7, 11) is 0. The van der Waals surface area contributed by atoms with Crippen molar-refractivity contribution in [2.24, 2.45) is 5.92 Å². The molecule has 140 valence electrons. The minimum atomic E-state index is -0.177. The number of halogens is 1. The molecule has 0 unspecified atom stereocenters. The van der Waals surface area contributed by atoms with Gasteiger partial charge in [-0.2, -0.15) is 5.10 Å². The summed E-state index contributed by atoms with van der Waals surface area (Å²) in [6.45, 7) is 6.59. The van der Waals surface area contributed by atoms with E-state index in [0.717, 1.165) is 32.5 Å². The van der Waals surface area contributed by atoms with Crippen molar-refractivity contribution >= 4 is 17.5 Å². The summed E-state index contributed by atoms with van der Waals surface area (Å²) in [6, 6.07) is 10.6. The maximum Gasteiger partial charge on any atom is 0.273 e. The second kappa shape index (κ2) is 9.19. The van der Waals surface area contributed by atoms with Crippen LogP contribution in [0.25, 0.3) is 0 Å². The number of hydrogen-bond acceptors (Lipinski definition) is 3. The topological polar surface area (TPSA) is 50.2 Å². The van der Waals surface area contributed by atoms with E-state index in [2.05, 4.69) is 45.6 Å². The molecule has 1 aromatic heterocycles. The van der Waals surface area contributed by atoms with Gasteiger partial charge in [0.05, 0.1) is 5.02 Å². The van der Waals surface area contributed by atoms with Gasteiger partial charge in [-0.1, -0.05) is 41.9 Å². The Kier molecular flexibility index (Phi) is 6.69. The number of aryl methyl sites for hydroxylation is 1. The van der Waals surface area contributed by atoms with Crippen LogP contribution in [0, 0.1) is 5.92 Å². The number of benzene rings is 1. The molecule has 2 heterocycles. The van der Waals surface area contributed by atoms with Crippen molar-refractivity contribution in [2.75, 3.05) is 26.2 Å². The maximum absolute atomic E-state index is 12.3. The van der Waals surface area contributed by atoms with Crippen LogP contribution in [0.5, 0.6) is 0 Å². The molecule has 0 spiro atoms. The van der Waals surface area contributed by atoms with Crippen molar-refractivity contribution in [2.45, 2.75) is 32.7 Å². The van der Waals surface area contributed by atoms with Gasteiger partial charge in [0.2, 0.25) is 0 Å². The zero-order valence-corrected chi connectivity index (χ0v) is 16.1. The first kappa shape index (κ1) is 18.9. The fourth-order valence-electron chi connectivity index (χ4n) is 3.49. The van der Waals surface area contributed by atoms with Gasteiger partial charge in [0.25, 0.3) is 5.91 Å². The number of nitrogens with zero attached hydrogens (tertiary/aromatic N) is 3. The molecule has 0 bridgehead atoms. The van der Waals surface area contributed by atoms with Crippen molar-refractivity contribution in [1.82, 2.24) is 20.0 Å². The fourth-order valence-corrected chi connectivity index (χ4v) is 3.72. The average Bonchev–Trinajstić information content (AvgIpc) is 3.06. The lowest BCUT2D eigenvalue weighted by molar-refractivity contribution is 0.0927. The molecule has 0 aliphatic carbocycles. The van der Waals surface area contributed by atoms with Gasteiger partial charge in [0.1, 0.15) is 0 Å². The maximum atomic E-state index is 12.3. The molecule has 1 N–H and O–H groups in total. The van der Waals surface area contributed by atoms with E-state index in [-0.39, 0.29) is 5.91 Å². The van der Waals surface area contributed by atoms with Crippen molar-refractivity contribution in [1.29, 1.82) is 0 Å². The molecule has 0 radical (unpaired) electrons. The van der Waals surface area contributed by atoms with Gasteiger partial charge in [0, 0.05) is 32.4 Å². The van der Waals surface area contributed by atoms with Crippen molar-refractivity contribution < 1.29 is 4.79 Å². The van der Waals surface area contributed by atoms with Crippen LogP contribution < -0.4 is 5.32 Å². The summed E-state index contributed by atoms with van der Waals surface area (Å²) in [4.78, 5) is 14.9. The normalized spacial score (nSPS) is 18.0. The summed E-state index contributed by atoms with van der Waals surface area (Å²) >= 11 is 6.11. The summed E-state index contributed by atoms with van der Waals surface area (Å²) in [5, 5.41) is 7.66. The number of nitrogens with one attached hydrogen (secondary N) is 1. The first-order valence-electron chi connectivity index (χ1n) is 9.43. The zero-order chi connectivity index (χ0) is 18.4. The largest absolute Gasteiger partial charge is 0.350 e. The Bertz CT molecular complexity index is 716. The van der Waals surface area contributed by atoms with Crippen molar-refractivity contribution in [3.8, 4) is 0 Å². The molecule has 2 aromatic rings. The number of amides is 1. The summed E-state index contributed by atoms with van der Waals surface area (Å²) in [5.41, 5.74) is 1.70. The molecule has 1 atom stereocenters. The van der Waals surface area contributed by atoms with Gasteiger partial charge in [0.15, 0.2) is 5.69 Å². The van der Waals surface area contributed by atoms with Crippen molar-refractivity contribution in [3.05, 3.63) is 52.8 Å². The molecule has 1 fully saturated rings. The first-order chi connectivity index (χ1) is 12.7. The van der Waals surface area contributed by atoms with E-state index in [1.54, 1.807) is 10.9 Å². The van der Waals surface area contributed by atoms with E-state index in [1.165, 1.54) is 12.0 Å². The second-order valence-electron chi connectivity index (χ2n) is 6.94. The molecule has 26 heavy (non-hydrogen) atoms. The predicted molar refractivity (Wildman–Crippen MR) is 105 cm³/mol. The Morgan fingerprint density at radius 2 is 2.15 bits per heavy atom. The van der Waals surface area contributed by atoms with Crippen molar-refractivity contribution in [3.63, 3.8) is 0 Å². The molecular weight excluding hydrogens is 348 g/mol. The molecule has 1 aliphatic heterocycles. The van der Waals surface area contributed by atoms with Crippen LogP contribution in [0.4, 0.5) is 0 Å². The Morgan fingerprint density at radius 1 is 1.35 bits per heavy atom. The minimum absolute atomic E-state index is 0.177. The predicted octanol–water partition coefficient (Wildman–Crippen LogP) is 3.24. The number of likely N-dealkylation sites (tertiary alicyclic amines) is 1. The molecule has 1 saturated heterocycles. The summed E-state index contributed by atoms with van der Waals surface area (Å²) in [5.74, 6) is 0.305. The lowest BCUT2D eigenvalue weighted by Crippen LogP contribution is -2.41. The second-order valence-corrected chi connectivity index (χ2v) is 7.34. The standard InChI is InChI=1S/C20H27ClN4O/c1-2-25-15-18(21)19(23-25)20(26)22-13-17-9-6-11-24(14-17)12-10-16-7-4-3-5-8-16/h3-5,7-8,15,17H,2,6,9-14H2,1H3,(H,22,26)/t17-/m0/s1. The highest BCUT2D eigenvalue weighted by Crippen LogP contribution is 2.17. The Morgan fingerprint density at radius 3 is 2.88 bits per heavy atom. The molecular formula is C20H27ClN4O. The van der Waals surface area contributed by atoms with Crippen LogP contribution in [0.15, 0.2) is 36.5 Å². The molecule has 1 aromatic carbocycles. The zero-order valence-electron chi connectivity index (χ0n) is 15.3. The number of hydrogen-bond donors (Lipinski definition) is 1. The minimum Gasteiger partial charge on any atom is -0.350 e. The Hall–Kier alpha value is -1.85. The van der Waals surface area contributed by atoms with E-state index in [9.17, 15) is 4.79 Å². The summed E-state index contributed by atoms with van der Waals surface area (Å²) in [6.07, 6.45) is 5.10. The van der Waals surface area contributed by atoms with E-state index in [0.29, 0.717) is 29.7 Å². The molecule has 5 nitrogen and oxygen atoms in total. The van der Waals surface area contributed by atoms with Gasteiger partial charge in [-0.3, -0.25) is 9.48 Å². The number of carbonyl (C=O) groups is 1. The van der Waals surface area contributed by atoms with Gasteiger partial charge in [-0.25, -0.2) is 0 Å². The van der Waals surface area contributed by atoms with Crippen LogP contribution in [0.3, 0.4) is 0 Å². The highest BCUT2D eigenvalue weighted by Gasteiger charge is 2.22. The van der Waals surface area contributed by atoms with Gasteiger partial charge >= 0.3 is 0 Å². The van der Waals surface area contributed by atoms with Gasteiger partial charge in [-0.15, -0.1) is 0 Å². The quantitative estimate of drug-likeness (QED) is 0.809. The van der Waals surface area contributed by atoms with E-state index in [4.69, 9.17) is 11.6 Å². The lowest BCUT2D eigenvalue weighted by Gasteiger charge is -2.32. The molecule has 6 heteroatoms. The van der Waals surface area contributed by atoms with E-state index in [1.807, 2.05) is 6.92 Å². The Balaban J connectivity index is 1.45. The van der Waals surface area contributed by atoms with E-state index < -0.39 is 0 Å². The van der Waals surface area contributed by atoms with Gasteiger partial charge in [-0.05, 0) is 44.2 Å². The van der Waals surface area contributed by atoms with Crippen LogP contribution in [0.1, 0.15) is 35.8 Å². The monoisotopic (exact) mass is 374 g/mol. The third-order valence-corrected chi connectivity index (χ3v) is 5.25. The van der Waals surface area contributed by atoms with E-state index >= 15 is 0 Å². The number of piperidine rings is 1.